The molecule has 27 heavy (non-hydrogen) atoms. The lowest BCUT2D eigenvalue weighted by atomic mass is 10.0. The quantitative estimate of drug-likeness (QED) is 0.873. The van der Waals surface area contributed by atoms with Crippen LogP contribution in [0.2, 0.25) is 0 Å². The molecule has 2 aromatic carbocycles. The van der Waals surface area contributed by atoms with E-state index in [4.69, 9.17) is 0 Å². The molecule has 1 heterocycles. The molecule has 1 aliphatic heterocycles. The predicted octanol–water partition coefficient (Wildman–Crippen LogP) is 3.03. The normalized spacial score (nSPS) is 15.7. The molecular weight excluding hydrogens is 367 g/mol. The molecule has 1 N–H and O–H groups in total. The molecule has 3 rings (SSSR count). The first-order valence-corrected chi connectivity index (χ1v) is 10.4. The van der Waals surface area contributed by atoms with Crippen molar-refractivity contribution in [3.8, 4) is 0 Å². The number of sulfonamides is 1. The third-order valence-corrected chi connectivity index (χ3v) is 6.52. The van der Waals surface area contributed by atoms with Crippen molar-refractivity contribution in [1.29, 1.82) is 0 Å². The van der Waals surface area contributed by atoms with Gasteiger partial charge in [0.25, 0.3) is 5.91 Å². The molecule has 1 amide bonds. The fraction of sp³-hybridized carbons (Fsp3) is 0.350. The molecule has 144 valence electrons. The van der Waals surface area contributed by atoms with Crippen molar-refractivity contribution in [1.82, 2.24) is 9.62 Å². The molecule has 0 bridgehead atoms. The van der Waals surface area contributed by atoms with Crippen LogP contribution in [0.4, 0.5) is 4.39 Å². The summed E-state index contributed by atoms with van der Waals surface area (Å²) in [7, 11) is -3.61. The Morgan fingerprint density at radius 3 is 2.37 bits per heavy atom. The Balaban J connectivity index is 1.63. The lowest BCUT2D eigenvalue weighted by Crippen LogP contribution is -2.46. The monoisotopic (exact) mass is 390 g/mol. The molecule has 7 heteroatoms. The van der Waals surface area contributed by atoms with Gasteiger partial charge in [0.15, 0.2) is 0 Å². The number of nitrogens with zero attached hydrogens (tertiary/aromatic N) is 1. The minimum absolute atomic E-state index is 0.0478. The molecule has 2 aromatic rings. The van der Waals surface area contributed by atoms with E-state index in [1.165, 1.54) is 12.1 Å². The molecule has 1 fully saturated rings. The lowest BCUT2D eigenvalue weighted by Gasteiger charge is -2.32. The highest BCUT2D eigenvalue weighted by atomic mass is 32.2. The van der Waals surface area contributed by atoms with Gasteiger partial charge in [0.1, 0.15) is 5.82 Å². The Labute approximate surface area is 159 Å². The Bertz CT molecular complexity index is 951. The standard InChI is InChI=1S/C20H23FN2O3S/c1-14-7-8-17(13-15(14)2)27(25,26)22-16-9-11-23(12-10-16)20(24)18-5-3-4-6-19(18)21/h3-8,13,16,22H,9-12H2,1-2H3. The maximum absolute atomic E-state index is 13.8. The number of nitrogens with one attached hydrogen (secondary N) is 1. The van der Waals surface area contributed by atoms with Crippen molar-refractivity contribution in [3.05, 3.63) is 65.0 Å². The molecule has 0 radical (unpaired) electrons. The summed E-state index contributed by atoms with van der Waals surface area (Å²) in [5.74, 6) is -0.899. The van der Waals surface area contributed by atoms with Gasteiger partial charge in [-0.1, -0.05) is 18.2 Å². The highest BCUT2D eigenvalue weighted by molar-refractivity contribution is 7.89. The van der Waals surface area contributed by atoms with E-state index in [0.717, 1.165) is 11.1 Å². The molecule has 0 aliphatic carbocycles. The SMILES string of the molecule is Cc1ccc(S(=O)(=O)NC2CCN(C(=O)c3ccccc3F)CC2)cc1C. The summed E-state index contributed by atoms with van der Waals surface area (Å²) in [6, 6.07) is 10.7. The van der Waals surface area contributed by atoms with Crippen LogP contribution in [0.15, 0.2) is 47.4 Å². The average molecular weight is 390 g/mol. The van der Waals surface area contributed by atoms with Gasteiger partial charge in [-0.15, -0.1) is 0 Å². The van der Waals surface area contributed by atoms with Crippen molar-refractivity contribution in [3.63, 3.8) is 0 Å². The van der Waals surface area contributed by atoms with E-state index in [2.05, 4.69) is 4.72 Å². The molecule has 5 nitrogen and oxygen atoms in total. The van der Waals surface area contributed by atoms with Gasteiger partial charge in [0, 0.05) is 19.1 Å². The van der Waals surface area contributed by atoms with Gasteiger partial charge < -0.3 is 4.90 Å². The highest BCUT2D eigenvalue weighted by Crippen LogP contribution is 2.19. The van der Waals surface area contributed by atoms with Crippen LogP contribution in [0.5, 0.6) is 0 Å². The van der Waals surface area contributed by atoms with Gasteiger partial charge in [-0.05, 0) is 62.1 Å². The third-order valence-electron chi connectivity index (χ3n) is 5.00. The van der Waals surface area contributed by atoms with Crippen molar-refractivity contribution < 1.29 is 17.6 Å². The van der Waals surface area contributed by atoms with E-state index in [1.54, 1.807) is 35.2 Å². The topological polar surface area (TPSA) is 66.5 Å². The van der Waals surface area contributed by atoms with Crippen molar-refractivity contribution in [2.24, 2.45) is 0 Å². The average Bonchev–Trinajstić information content (AvgIpc) is 2.64. The zero-order valence-electron chi connectivity index (χ0n) is 15.4. The fourth-order valence-electron chi connectivity index (χ4n) is 3.17. The van der Waals surface area contributed by atoms with Gasteiger partial charge in [-0.3, -0.25) is 4.79 Å². The summed E-state index contributed by atoms with van der Waals surface area (Å²) in [5.41, 5.74) is 2.00. The Hall–Kier alpha value is -2.25. The maximum atomic E-state index is 13.8. The molecule has 0 saturated carbocycles. The second kappa shape index (κ2) is 7.78. The number of amides is 1. The first-order chi connectivity index (χ1) is 12.8. The molecule has 0 atom stereocenters. The van der Waals surface area contributed by atoms with E-state index in [0.29, 0.717) is 25.9 Å². The Kier molecular flexibility index (Phi) is 5.62. The molecule has 1 saturated heterocycles. The van der Waals surface area contributed by atoms with E-state index < -0.39 is 15.8 Å². The summed E-state index contributed by atoms with van der Waals surface area (Å²) >= 11 is 0. The lowest BCUT2D eigenvalue weighted by molar-refractivity contribution is 0.0706. The van der Waals surface area contributed by atoms with Crippen LogP contribution in [-0.2, 0) is 10.0 Å². The minimum atomic E-state index is -3.61. The number of hydrogen-bond acceptors (Lipinski definition) is 3. The summed E-state index contributed by atoms with van der Waals surface area (Å²) in [6.07, 6.45) is 0.981. The smallest absolute Gasteiger partial charge is 0.256 e. The van der Waals surface area contributed by atoms with Crippen LogP contribution < -0.4 is 4.72 Å². The number of hydrogen-bond donors (Lipinski definition) is 1. The second-order valence-electron chi connectivity index (χ2n) is 6.91. The molecule has 0 aromatic heterocycles. The van der Waals surface area contributed by atoms with Gasteiger partial charge in [0.05, 0.1) is 10.5 Å². The van der Waals surface area contributed by atoms with Gasteiger partial charge >= 0.3 is 0 Å². The molecule has 1 aliphatic rings. The van der Waals surface area contributed by atoms with Crippen LogP contribution in [0.3, 0.4) is 0 Å². The second-order valence-corrected chi connectivity index (χ2v) is 8.63. The zero-order valence-corrected chi connectivity index (χ0v) is 16.2. The number of benzene rings is 2. The van der Waals surface area contributed by atoms with Crippen LogP contribution in [0.1, 0.15) is 34.3 Å². The summed E-state index contributed by atoms with van der Waals surface area (Å²) in [4.78, 5) is 14.3. The zero-order chi connectivity index (χ0) is 19.6. The number of carbonyl (C=O) groups excluding carboxylic acids is 1. The fourth-order valence-corrected chi connectivity index (χ4v) is 4.56. The van der Waals surface area contributed by atoms with Crippen LogP contribution in [-0.4, -0.2) is 38.4 Å². The maximum Gasteiger partial charge on any atom is 0.256 e. The van der Waals surface area contributed by atoms with Crippen LogP contribution in [0, 0.1) is 19.7 Å². The highest BCUT2D eigenvalue weighted by Gasteiger charge is 2.28. The van der Waals surface area contributed by atoms with Crippen molar-refractivity contribution in [2.45, 2.75) is 37.6 Å². The molecule has 0 spiro atoms. The van der Waals surface area contributed by atoms with Gasteiger partial charge in [0.2, 0.25) is 10.0 Å². The molecule has 0 unspecified atom stereocenters. The van der Waals surface area contributed by atoms with Crippen LogP contribution >= 0.6 is 0 Å². The van der Waals surface area contributed by atoms with E-state index in [1.807, 2.05) is 13.8 Å². The summed E-state index contributed by atoms with van der Waals surface area (Å²) in [6.45, 7) is 4.57. The predicted molar refractivity (Wildman–Crippen MR) is 102 cm³/mol. The number of likely N-dealkylation sites (tertiary alicyclic amines) is 1. The third kappa shape index (κ3) is 4.36. The molecular formula is C20H23FN2O3S. The number of halogens is 1. The minimum Gasteiger partial charge on any atom is -0.338 e. The Morgan fingerprint density at radius 2 is 1.74 bits per heavy atom. The van der Waals surface area contributed by atoms with Gasteiger partial charge in [-0.2, -0.15) is 0 Å². The van der Waals surface area contributed by atoms with Crippen molar-refractivity contribution >= 4 is 15.9 Å². The summed E-state index contributed by atoms with van der Waals surface area (Å²) < 4.78 is 41.7. The first kappa shape index (κ1) is 19.5. The van der Waals surface area contributed by atoms with E-state index in [-0.39, 0.29) is 22.4 Å². The van der Waals surface area contributed by atoms with Crippen molar-refractivity contribution in [2.75, 3.05) is 13.1 Å². The number of carbonyl (C=O) groups is 1. The number of aryl methyl sites for hydroxylation is 2. The first-order valence-electron chi connectivity index (χ1n) is 8.91. The number of piperidine rings is 1. The van der Waals surface area contributed by atoms with E-state index >= 15 is 0 Å². The Morgan fingerprint density at radius 1 is 1.07 bits per heavy atom. The summed E-state index contributed by atoms with van der Waals surface area (Å²) in [5, 5.41) is 0. The van der Waals surface area contributed by atoms with Gasteiger partial charge in [-0.25, -0.2) is 17.5 Å². The van der Waals surface area contributed by atoms with Crippen LogP contribution in [0.25, 0.3) is 0 Å². The largest absolute Gasteiger partial charge is 0.338 e. The number of rotatable bonds is 4. The van der Waals surface area contributed by atoms with E-state index in [9.17, 15) is 17.6 Å².